The van der Waals surface area contributed by atoms with Gasteiger partial charge in [0.2, 0.25) is 0 Å². The molecule has 2 unspecified atom stereocenters. The molecule has 0 aliphatic carbocycles. The highest BCUT2D eigenvalue weighted by Gasteiger charge is 2.22. The average molecular weight is 609 g/mol. The highest BCUT2D eigenvalue weighted by Crippen LogP contribution is 2.39. The molecule has 0 radical (unpaired) electrons. The Morgan fingerprint density at radius 2 is 0.841 bits per heavy atom. The normalized spacial score (nSPS) is 14.5. The Morgan fingerprint density at radius 3 is 1.16 bits per heavy atom. The Kier molecular flexibility index (Phi) is 15.2. The molecule has 2 aromatic carbocycles. The third kappa shape index (κ3) is 12.5. The molecule has 1 aliphatic heterocycles. The summed E-state index contributed by atoms with van der Waals surface area (Å²) < 4.78 is 6.28. The van der Waals surface area contributed by atoms with Crippen LogP contribution in [0.3, 0.4) is 0 Å². The molecule has 1 aliphatic rings. The van der Waals surface area contributed by atoms with Gasteiger partial charge in [-0.3, -0.25) is 0 Å². The summed E-state index contributed by atoms with van der Waals surface area (Å²) in [6, 6.07) is 12.3. The maximum atomic E-state index is 11.2. The lowest BCUT2D eigenvalue weighted by molar-refractivity contribution is 0.137. The summed E-state index contributed by atoms with van der Waals surface area (Å²) in [5.41, 5.74) is 4.13. The monoisotopic (exact) mass is 608 g/mol. The van der Waals surface area contributed by atoms with Crippen LogP contribution >= 0.6 is 0 Å². The van der Waals surface area contributed by atoms with E-state index < -0.39 is 12.2 Å². The molecule has 0 spiro atoms. The highest BCUT2D eigenvalue weighted by molar-refractivity contribution is 5.52. The molecule has 1 heterocycles. The van der Waals surface area contributed by atoms with Crippen molar-refractivity contribution in [2.45, 2.75) is 113 Å². The zero-order valence-electron chi connectivity index (χ0n) is 29.3. The lowest BCUT2D eigenvalue weighted by Crippen LogP contribution is -2.29. The van der Waals surface area contributed by atoms with E-state index in [1.165, 1.54) is 25.7 Å². The fraction of sp³-hybridized carbons (Fsp3) is 0.692. The minimum atomic E-state index is -0.496. The molecular formula is C39H64N2O3. The van der Waals surface area contributed by atoms with Crippen molar-refractivity contribution >= 4 is 0 Å². The Bertz CT molecular complexity index is 1000. The lowest BCUT2D eigenvalue weighted by atomic mass is 9.94. The van der Waals surface area contributed by atoms with E-state index in [2.05, 4.69) is 77.3 Å². The van der Waals surface area contributed by atoms with Crippen LogP contribution in [0.2, 0.25) is 0 Å². The Morgan fingerprint density at radius 1 is 0.523 bits per heavy atom. The zero-order valence-corrected chi connectivity index (χ0v) is 29.3. The second-order valence-corrected chi connectivity index (χ2v) is 15.0. The van der Waals surface area contributed by atoms with Gasteiger partial charge in [-0.2, -0.15) is 0 Å². The van der Waals surface area contributed by atoms with Crippen LogP contribution in [0, 0.1) is 23.7 Å². The predicted molar refractivity (Wildman–Crippen MR) is 186 cm³/mol. The molecule has 0 saturated heterocycles. The number of rotatable bonds is 20. The van der Waals surface area contributed by atoms with Gasteiger partial charge in [-0.05, 0) is 135 Å². The van der Waals surface area contributed by atoms with E-state index in [0.717, 1.165) is 92.3 Å². The molecule has 0 saturated carbocycles. The second kappa shape index (κ2) is 18.3. The van der Waals surface area contributed by atoms with Gasteiger partial charge in [0.05, 0.1) is 12.2 Å². The van der Waals surface area contributed by atoms with Crippen LogP contribution in [0.15, 0.2) is 36.4 Å². The molecule has 3 rings (SSSR count). The zero-order chi connectivity index (χ0) is 32.2. The van der Waals surface area contributed by atoms with Crippen molar-refractivity contribution in [3.63, 3.8) is 0 Å². The summed E-state index contributed by atoms with van der Waals surface area (Å²) in [6.45, 7) is 24.4. The van der Waals surface area contributed by atoms with Crippen molar-refractivity contribution in [3.8, 4) is 11.5 Å². The molecule has 2 atom stereocenters. The van der Waals surface area contributed by atoms with Gasteiger partial charge in [-0.25, -0.2) is 0 Å². The smallest absolute Gasteiger partial charge is 0.130 e. The molecule has 44 heavy (non-hydrogen) atoms. The topological polar surface area (TPSA) is 56.2 Å². The number of ether oxygens (including phenoxy) is 1. The van der Waals surface area contributed by atoms with Gasteiger partial charge in [-0.1, -0.05) is 67.5 Å². The summed E-state index contributed by atoms with van der Waals surface area (Å²) in [7, 11) is 0. The van der Waals surface area contributed by atoms with Crippen LogP contribution in [0.1, 0.15) is 128 Å². The van der Waals surface area contributed by atoms with Gasteiger partial charge >= 0.3 is 0 Å². The molecule has 0 fully saturated rings. The molecule has 0 bridgehead atoms. The van der Waals surface area contributed by atoms with E-state index in [4.69, 9.17) is 4.74 Å². The second-order valence-electron chi connectivity index (χ2n) is 15.0. The van der Waals surface area contributed by atoms with Crippen LogP contribution in [-0.4, -0.2) is 59.3 Å². The average Bonchev–Trinajstić information content (AvgIpc) is 2.97. The Labute approximate surface area is 270 Å². The maximum absolute atomic E-state index is 11.2. The van der Waals surface area contributed by atoms with Gasteiger partial charge in [0.25, 0.3) is 0 Å². The summed E-state index contributed by atoms with van der Waals surface area (Å²) in [6.07, 6.45) is 5.97. The van der Waals surface area contributed by atoms with Crippen LogP contribution < -0.4 is 4.74 Å². The van der Waals surface area contributed by atoms with Crippen LogP contribution in [0.25, 0.3) is 0 Å². The molecule has 248 valence electrons. The third-order valence-corrected chi connectivity index (χ3v) is 9.07. The third-order valence-electron chi connectivity index (χ3n) is 9.07. The first kappa shape index (κ1) is 36.5. The quantitative estimate of drug-likeness (QED) is 0.134. The lowest BCUT2D eigenvalue weighted by Gasteiger charge is -2.27. The van der Waals surface area contributed by atoms with E-state index in [1.807, 2.05) is 24.3 Å². The van der Waals surface area contributed by atoms with E-state index in [9.17, 15) is 10.2 Å². The predicted octanol–water partition coefficient (Wildman–Crippen LogP) is 9.02. The first-order chi connectivity index (χ1) is 20.9. The Hall–Kier alpha value is -1.92. The molecule has 2 N–H and O–H groups in total. The standard InChI is InChI=1S/C39H64N2O3/c1-28(2)13-19-40(20-14-29(3)4)23-17-36(42)32-9-11-38-34(25-32)27-35-26-33(10-12-39(35)44-38)37(43)18-24-41(21-15-30(5)6)22-16-31(7)8/h9-12,25-26,28-31,36-37,42-43H,13-24,27H2,1-8H3. The molecule has 2 aromatic rings. The number of aliphatic hydroxyl groups excluding tert-OH is 2. The maximum Gasteiger partial charge on any atom is 0.130 e. The van der Waals surface area contributed by atoms with E-state index >= 15 is 0 Å². The van der Waals surface area contributed by atoms with Gasteiger partial charge in [0.1, 0.15) is 11.5 Å². The number of hydrogen-bond donors (Lipinski definition) is 2. The van der Waals surface area contributed by atoms with Crippen molar-refractivity contribution in [3.05, 3.63) is 58.7 Å². The van der Waals surface area contributed by atoms with Crippen molar-refractivity contribution < 1.29 is 14.9 Å². The van der Waals surface area contributed by atoms with E-state index in [0.29, 0.717) is 23.7 Å². The summed E-state index contributed by atoms with van der Waals surface area (Å²) in [5, 5.41) is 22.3. The van der Waals surface area contributed by atoms with Gasteiger partial charge in [0.15, 0.2) is 0 Å². The van der Waals surface area contributed by atoms with Gasteiger partial charge < -0.3 is 24.7 Å². The molecule has 0 aromatic heterocycles. The fourth-order valence-corrected chi connectivity index (χ4v) is 5.79. The number of hydrogen-bond acceptors (Lipinski definition) is 5. The summed E-state index contributed by atoms with van der Waals surface area (Å²) in [4.78, 5) is 5.06. The number of nitrogens with zero attached hydrogens (tertiary/aromatic N) is 2. The van der Waals surface area contributed by atoms with E-state index in [-0.39, 0.29) is 0 Å². The molecular weight excluding hydrogens is 544 g/mol. The fourth-order valence-electron chi connectivity index (χ4n) is 5.79. The number of fused-ring (bicyclic) bond motifs is 2. The first-order valence-electron chi connectivity index (χ1n) is 17.7. The largest absolute Gasteiger partial charge is 0.457 e. The minimum Gasteiger partial charge on any atom is -0.457 e. The number of benzene rings is 2. The van der Waals surface area contributed by atoms with Crippen LogP contribution in [0.4, 0.5) is 0 Å². The van der Waals surface area contributed by atoms with Crippen molar-refractivity contribution in [1.29, 1.82) is 0 Å². The molecule has 5 heteroatoms. The Balaban J connectivity index is 1.61. The van der Waals surface area contributed by atoms with Crippen molar-refractivity contribution in [2.24, 2.45) is 23.7 Å². The van der Waals surface area contributed by atoms with E-state index in [1.54, 1.807) is 0 Å². The summed E-state index contributed by atoms with van der Waals surface area (Å²) in [5.74, 6) is 4.47. The highest BCUT2D eigenvalue weighted by atomic mass is 16.5. The first-order valence-corrected chi connectivity index (χ1v) is 17.7. The molecule has 5 nitrogen and oxygen atoms in total. The van der Waals surface area contributed by atoms with Crippen molar-refractivity contribution in [2.75, 3.05) is 39.3 Å². The minimum absolute atomic E-state index is 0.496. The van der Waals surface area contributed by atoms with Gasteiger partial charge in [-0.15, -0.1) is 0 Å². The number of aliphatic hydroxyl groups is 2. The molecule has 0 amide bonds. The van der Waals surface area contributed by atoms with Gasteiger partial charge in [0, 0.05) is 19.5 Å². The summed E-state index contributed by atoms with van der Waals surface area (Å²) >= 11 is 0. The SMILES string of the molecule is CC(C)CCN(CCC(C)C)CCC(O)c1ccc2c(c1)Cc1cc(C(O)CCN(CCC(C)C)CCC(C)C)ccc1O2. The van der Waals surface area contributed by atoms with Crippen LogP contribution in [0.5, 0.6) is 11.5 Å². The van der Waals surface area contributed by atoms with Crippen molar-refractivity contribution in [1.82, 2.24) is 9.80 Å². The van der Waals surface area contributed by atoms with Crippen LogP contribution in [-0.2, 0) is 6.42 Å².